The molecule has 1 aliphatic carbocycles. The molecule has 1 saturated heterocycles. The summed E-state index contributed by atoms with van der Waals surface area (Å²) in [5, 5.41) is 3.80. The van der Waals surface area contributed by atoms with Gasteiger partial charge in [-0.25, -0.2) is 8.42 Å². The highest BCUT2D eigenvalue weighted by molar-refractivity contribution is 7.89. The lowest BCUT2D eigenvalue weighted by atomic mass is 9.76. The first-order chi connectivity index (χ1) is 13.3. The van der Waals surface area contributed by atoms with Crippen molar-refractivity contribution in [1.29, 1.82) is 0 Å². The van der Waals surface area contributed by atoms with E-state index < -0.39 is 10.0 Å². The molecule has 0 bridgehead atoms. The van der Waals surface area contributed by atoms with Crippen LogP contribution < -0.4 is 5.32 Å². The first-order valence-corrected chi connectivity index (χ1v) is 11.4. The van der Waals surface area contributed by atoms with Crippen LogP contribution in [-0.4, -0.2) is 42.7 Å². The maximum atomic E-state index is 13.5. The maximum Gasteiger partial charge on any atom is 0.245 e. The highest BCUT2D eigenvalue weighted by Crippen LogP contribution is 2.50. The fourth-order valence-corrected chi connectivity index (χ4v) is 6.58. The van der Waals surface area contributed by atoms with Gasteiger partial charge in [-0.2, -0.15) is 4.31 Å². The van der Waals surface area contributed by atoms with E-state index in [1.165, 1.54) is 4.31 Å². The van der Waals surface area contributed by atoms with Crippen LogP contribution in [0.25, 0.3) is 10.9 Å². The molecule has 1 spiro atoms. The van der Waals surface area contributed by atoms with Gasteiger partial charge in [0, 0.05) is 30.7 Å². The van der Waals surface area contributed by atoms with Crippen molar-refractivity contribution in [3.05, 3.63) is 36.5 Å². The number of para-hydroxylation sites is 1. The fraction of sp³-hybridized carbons (Fsp3) is 0.524. The Bertz CT molecular complexity index is 992. The van der Waals surface area contributed by atoms with Gasteiger partial charge in [0.15, 0.2) is 0 Å². The van der Waals surface area contributed by atoms with Gasteiger partial charge in [-0.15, -0.1) is 0 Å². The number of nitrogens with zero attached hydrogens (tertiary/aromatic N) is 2. The Balaban J connectivity index is 1.71. The number of carbonyl (C=O) groups is 1. The summed E-state index contributed by atoms with van der Waals surface area (Å²) in [4.78, 5) is 17.4. The van der Waals surface area contributed by atoms with Gasteiger partial charge in [0.2, 0.25) is 15.9 Å². The smallest absolute Gasteiger partial charge is 0.245 e. The van der Waals surface area contributed by atoms with Gasteiger partial charge in [0.05, 0.1) is 11.4 Å². The second-order valence-corrected chi connectivity index (χ2v) is 10.3. The summed E-state index contributed by atoms with van der Waals surface area (Å²) in [6.07, 6.45) is 5.53. The number of rotatable bonds is 4. The number of nitrogens with one attached hydrogen (secondary N) is 1. The van der Waals surface area contributed by atoms with Crippen molar-refractivity contribution in [2.45, 2.75) is 50.5 Å². The second kappa shape index (κ2) is 7.12. The molecule has 2 aromatic rings. The topological polar surface area (TPSA) is 79.4 Å². The van der Waals surface area contributed by atoms with Crippen LogP contribution in [0.2, 0.25) is 0 Å². The summed E-state index contributed by atoms with van der Waals surface area (Å²) in [5.74, 6) is -0.319. The van der Waals surface area contributed by atoms with Crippen LogP contribution in [0.1, 0.15) is 39.5 Å². The molecule has 1 aliphatic heterocycles. The van der Waals surface area contributed by atoms with E-state index in [0.29, 0.717) is 12.1 Å². The highest BCUT2D eigenvalue weighted by atomic mass is 32.2. The second-order valence-electron chi connectivity index (χ2n) is 8.41. The van der Waals surface area contributed by atoms with Crippen LogP contribution in [0, 0.1) is 11.3 Å². The molecule has 1 saturated carbocycles. The van der Waals surface area contributed by atoms with Crippen molar-refractivity contribution in [2.24, 2.45) is 11.3 Å². The largest absolute Gasteiger partial charge is 0.354 e. The molecular formula is C21H27N3O3S. The third-order valence-electron chi connectivity index (χ3n) is 6.18. The van der Waals surface area contributed by atoms with Crippen molar-refractivity contribution in [3.63, 3.8) is 0 Å². The summed E-state index contributed by atoms with van der Waals surface area (Å²) < 4.78 is 28.6. The number of carbonyl (C=O) groups excluding carboxylic acids is 1. The molecule has 1 N–H and O–H groups in total. The van der Waals surface area contributed by atoms with Crippen LogP contribution in [-0.2, 0) is 14.8 Å². The number of pyridine rings is 1. The van der Waals surface area contributed by atoms with Gasteiger partial charge >= 0.3 is 0 Å². The van der Waals surface area contributed by atoms with Crippen LogP contribution in [0.4, 0.5) is 0 Å². The Labute approximate surface area is 166 Å². The lowest BCUT2D eigenvalue weighted by Crippen LogP contribution is -2.42. The van der Waals surface area contributed by atoms with E-state index >= 15 is 0 Å². The normalized spacial score (nSPS) is 22.3. The van der Waals surface area contributed by atoms with Crippen molar-refractivity contribution in [3.8, 4) is 0 Å². The van der Waals surface area contributed by atoms with Gasteiger partial charge < -0.3 is 5.32 Å². The number of hydrogen-bond donors (Lipinski definition) is 1. The van der Waals surface area contributed by atoms with Crippen LogP contribution in [0.15, 0.2) is 41.4 Å². The Morgan fingerprint density at radius 3 is 2.64 bits per heavy atom. The van der Waals surface area contributed by atoms with Gasteiger partial charge in [-0.05, 0) is 44.2 Å². The summed E-state index contributed by atoms with van der Waals surface area (Å²) in [5.41, 5.74) is 0.241. The van der Waals surface area contributed by atoms with E-state index in [9.17, 15) is 13.2 Å². The third-order valence-corrected chi connectivity index (χ3v) is 8.02. The Hall–Kier alpha value is -1.99. The zero-order chi connectivity index (χ0) is 19.9. The minimum atomic E-state index is -3.73. The first kappa shape index (κ1) is 19.3. The molecule has 1 atom stereocenters. The Morgan fingerprint density at radius 2 is 1.93 bits per heavy atom. The number of amides is 1. The summed E-state index contributed by atoms with van der Waals surface area (Å²) in [6.45, 7) is 4.52. The highest BCUT2D eigenvalue weighted by Gasteiger charge is 2.54. The van der Waals surface area contributed by atoms with Crippen LogP contribution >= 0.6 is 0 Å². The molecule has 1 aromatic heterocycles. The first-order valence-electron chi connectivity index (χ1n) is 9.98. The van der Waals surface area contributed by atoms with Crippen molar-refractivity contribution < 1.29 is 13.2 Å². The molecular weight excluding hydrogens is 374 g/mol. The van der Waals surface area contributed by atoms with Gasteiger partial charge in [-0.1, -0.05) is 31.0 Å². The number of sulfonamides is 1. The van der Waals surface area contributed by atoms with E-state index in [0.717, 1.165) is 31.1 Å². The maximum absolute atomic E-state index is 13.5. The molecule has 2 fully saturated rings. The molecule has 7 heteroatoms. The number of fused-ring (bicyclic) bond motifs is 1. The molecule has 6 nitrogen and oxygen atoms in total. The average molecular weight is 402 g/mol. The zero-order valence-electron chi connectivity index (χ0n) is 16.4. The minimum Gasteiger partial charge on any atom is -0.354 e. The number of hydrogen-bond acceptors (Lipinski definition) is 4. The molecule has 2 heterocycles. The van der Waals surface area contributed by atoms with E-state index in [2.05, 4.69) is 10.3 Å². The molecule has 1 unspecified atom stereocenters. The van der Waals surface area contributed by atoms with Gasteiger partial charge in [-0.3, -0.25) is 9.78 Å². The molecule has 0 radical (unpaired) electrons. The Kier molecular flexibility index (Phi) is 4.91. The SMILES string of the molecule is CC(C)NC(=O)C1CN(S(=O)(=O)c2cccc3cccnc23)CC12CCCC2. The number of aromatic nitrogens is 1. The van der Waals surface area contributed by atoms with Crippen molar-refractivity contribution in [1.82, 2.24) is 14.6 Å². The van der Waals surface area contributed by atoms with E-state index in [4.69, 9.17) is 0 Å². The summed E-state index contributed by atoms with van der Waals surface area (Å²) in [6, 6.07) is 8.94. The van der Waals surface area contributed by atoms with Crippen molar-refractivity contribution in [2.75, 3.05) is 13.1 Å². The lowest BCUT2D eigenvalue weighted by Gasteiger charge is -2.29. The minimum absolute atomic E-state index is 0.0226. The quantitative estimate of drug-likeness (QED) is 0.854. The summed E-state index contributed by atoms with van der Waals surface area (Å²) >= 11 is 0. The molecule has 1 amide bonds. The van der Waals surface area contributed by atoms with E-state index in [1.54, 1.807) is 24.4 Å². The number of benzene rings is 1. The zero-order valence-corrected chi connectivity index (χ0v) is 17.2. The molecule has 1 aromatic carbocycles. The monoisotopic (exact) mass is 401 g/mol. The third kappa shape index (κ3) is 3.20. The van der Waals surface area contributed by atoms with Crippen molar-refractivity contribution >= 4 is 26.8 Å². The van der Waals surface area contributed by atoms with Crippen LogP contribution in [0.5, 0.6) is 0 Å². The van der Waals surface area contributed by atoms with E-state index in [-0.39, 0.29) is 34.7 Å². The fourth-order valence-electron chi connectivity index (χ4n) is 4.86. The predicted octanol–water partition coefficient (Wildman–Crippen LogP) is 2.94. The molecule has 28 heavy (non-hydrogen) atoms. The van der Waals surface area contributed by atoms with Gasteiger partial charge in [0.25, 0.3) is 0 Å². The molecule has 150 valence electrons. The molecule has 2 aliphatic rings. The average Bonchev–Trinajstić information content (AvgIpc) is 3.29. The van der Waals surface area contributed by atoms with Gasteiger partial charge in [0.1, 0.15) is 4.90 Å². The van der Waals surface area contributed by atoms with Crippen LogP contribution in [0.3, 0.4) is 0 Å². The standard InChI is InChI=1S/C21H27N3O3S/c1-15(2)23-20(25)17-13-24(14-21(17)10-3-4-11-21)28(26,27)18-9-5-7-16-8-6-12-22-19(16)18/h5-9,12,15,17H,3-4,10-11,13-14H2,1-2H3,(H,23,25). The predicted molar refractivity (Wildman–Crippen MR) is 108 cm³/mol. The Morgan fingerprint density at radius 1 is 1.21 bits per heavy atom. The molecule has 4 rings (SSSR count). The van der Waals surface area contributed by atoms with E-state index in [1.807, 2.05) is 26.0 Å². The summed E-state index contributed by atoms with van der Waals surface area (Å²) in [7, 11) is -3.73. The lowest BCUT2D eigenvalue weighted by molar-refractivity contribution is -0.128.